The number of nitriles is 1. The third kappa shape index (κ3) is 5.50. The standard InChI is InChI=1S/C33H28F6N8OS/c1-46(13-16-4-2-8-43-28(16)41)30-19-10-21(33(37,38)39)24(18-5-6-22(35)27-23(18)20(12-40)29(42)49-27)25(36)26(19)44-31(45-30)48-15-32-7-3-9-47(32)14-17(34)11-32/h2,4-6,8,10,17H,3,7,9,11,13-15,42H2,1H3,(H2,41,43). The van der Waals surface area contributed by atoms with Crippen LogP contribution in [0.1, 0.15) is 36.0 Å². The molecule has 16 heteroatoms. The van der Waals surface area contributed by atoms with E-state index in [1.807, 2.05) is 11.0 Å². The third-order valence-corrected chi connectivity index (χ3v) is 10.3. The van der Waals surface area contributed by atoms with E-state index in [2.05, 4.69) is 15.0 Å². The number of nitrogen functional groups attached to an aromatic ring is 2. The summed E-state index contributed by atoms with van der Waals surface area (Å²) in [6.45, 7) is 0.941. The van der Waals surface area contributed by atoms with Gasteiger partial charge in [-0.2, -0.15) is 28.4 Å². The van der Waals surface area contributed by atoms with Crippen LogP contribution in [0.15, 0.2) is 36.5 Å². The highest BCUT2D eigenvalue weighted by molar-refractivity contribution is 7.23. The Morgan fingerprint density at radius 2 is 2.00 bits per heavy atom. The lowest BCUT2D eigenvalue weighted by molar-refractivity contribution is -0.137. The number of hydrogen-bond donors (Lipinski definition) is 2. The molecule has 2 fully saturated rings. The molecule has 2 aromatic carbocycles. The molecular weight excluding hydrogens is 670 g/mol. The first-order valence-corrected chi connectivity index (χ1v) is 16.1. The van der Waals surface area contributed by atoms with Crippen LogP contribution in [0.4, 0.5) is 43.0 Å². The molecule has 2 saturated heterocycles. The molecule has 2 aliphatic rings. The fourth-order valence-corrected chi connectivity index (χ4v) is 8.05. The lowest BCUT2D eigenvalue weighted by atomic mass is 9.92. The van der Waals surface area contributed by atoms with E-state index >= 15 is 4.39 Å². The Labute approximate surface area is 279 Å². The van der Waals surface area contributed by atoms with E-state index in [4.69, 9.17) is 16.2 Å². The smallest absolute Gasteiger partial charge is 0.417 e. The average Bonchev–Trinajstić information content (AvgIpc) is 3.70. The summed E-state index contributed by atoms with van der Waals surface area (Å²) in [5.74, 6) is -2.14. The van der Waals surface area contributed by atoms with Crippen LogP contribution in [0, 0.1) is 23.0 Å². The minimum Gasteiger partial charge on any atom is -0.461 e. The van der Waals surface area contributed by atoms with Gasteiger partial charge < -0.3 is 21.1 Å². The van der Waals surface area contributed by atoms with E-state index in [0.717, 1.165) is 24.6 Å². The number of anilines is 3. The van der Waals surface area contributed by atoms with Crippen LogP contribution < -0.4 is 21.1 Å². The van der Waals surface area contributed by atoms with Crippen molar-refractivity contribution in [1.82, 2.24) is 19.9 Å². The van der Waals surface area contributed by atoms with Gasteiger partial charge in [-0.05, 0) is 43.1 Å². The van der Waals surface area contributed by atoms with Crippen LogP contribution in [0.2, 0.25) is 0 Å². The van der Waals surface area contributed by atoms with Crippen LogP contribution in [-0.2, 0) is 12.7 Å². The van der Waals surface area contributed by atoms with Gasteiger partial charge in [-0.3, -0.25) is 4.90 Å². The van der Waals surface area contributed by atoms with E-state index in [1.54, 1.807) is 12.1 Å². The first-order valence-electron chi connectivity index (χ1n) is 15.3. The predicted molar refractivity (Wildman–Crippen MR) is 174 cm³/mol. The van der Waals surface area contributed by atoms with Crippen LogP contribution in [0.5, 0.6) is 6.01 Å². The molecule has 4 N–H and O–H groups in total. The Balaban J connectivity index is 1.45. The average molecular weight is 699 g/mol. The third-order valence-electron chi connectivity index (χ3n) is 9.32. The van der Waals surface area contributed by atoms with Gasteiger partial charge in [0, 0.05) is 54.7 Å². The highest BCUT2D eigenvalue weighted by Crippen LogP contribution is 2.48. The number of thiophene rings is 1. The van der Waals surface area contributed by atoms with Gasteiger partial charge in [0.2, 0.25) is 0 Å². The number of nitrogens with two attached hydrogens (primary N) is 2. The summed E-state index contributed by atoms with van der Waals surface area (Å²) in [6.07, 6.45) is -2.96. The number of halogens is 6. The summed E-state index contributed by atoms with van der Waals surface area (Å²) in [6, 6.07) is 7.42. The van der Waals surface area contributed by atoms with Crippen molar-refractivity contribution < 1.29 is 31.1 Å². The molecule has 49 heavy (non-hydrogen) atoms. The minimum absolute atomic E-state index is 0.0228. The number of ether oxygens (including phenoxy) is 1. The second kappa shape index (κ2) is 11.9. The van der Waals surface area contributed by atoms with E-state index < -0.39 is 46.2 Å². The zero-order chi connectivity index (χ0) is 34.8. The highest BCUT2D eigenvalue weighted by atomic mass is 32.1. The zero-order valence-corrected chi connectivity index (χ0v) is 26.7. The topological polar surface area (TPSA) is 130 Å². The first kappa shape index (κ1) is 32.7. The lowest BCUT2D eigenvalue weighted by Gasteiger charge is -2.31. The summed E-state index contributed by atoms with van der Waals surface area (Å²) < 4.78 is 96.9. The molecule has 0 spiro atoms. The Bertz CT molecular complexity index is 2170. The van der Waals surface area contributed by atoms with Crippen molar-refractivity contribution in [2.24, 2.45) is 0 Å². The minimum atomic E-state index is -5.12. The molecule has 2 unspecified atom stereocenters. The van der Waals surface area contributed by atoms with Gasteiger partial charge in [0.05, 0.1) is 21.4 Å². The van der Waals surface area contributed by atoms with Gasteiger partial charge in [-0.15, -0.1) is 11.3 Å². The summed E-state index contributed by atoms with van der Waals surface area (Å²) in [7, 11) is 1.54. The molecule has 2 aliphatic heterocycles. The molecule has 9 nitrogen and oxygen atoms in total. The van der Waals surface area contributed by atoms with Gasteiger partial charge in [0.1, 0.15) is 46.8 Å². The number of pyridine rings is 1. The molecule has 5 heterocycles. The molecule has 0 saturated carbocycles. The number of alkyl halides is 4. The zero-order valence-electron chi connectivity index (χ0n) is 25.9. The van der Waals surface area contributed by atoms with Crippen molar-refractivity contribution in [3.05, 3.63) is 64.9 Å². The number of fused-ring (bicyclic) bond motifs is 3. The number of nitrogens with zero attached hydrogens (tertiary/aromatic N) is 6. The second-order valence-corrected chi connectivity index (χ2v) is 13.4. The van der Waals surface area contributed by atoms with Crippen molar-refractivity contribution in [2.45, 2.75) is 43.7 Å². The number of hydrogen-bond acceptors (Lipinski definition) is 10. The molecule has 0 amide bonds. The number of benzene rings is 2. The Kier molecular flexibility index (Phi) is 7.94. The Hall–Kier alpha value is -4.88. The fourth-order valence-electron chi connectivity index (χ4n) is 7.10. The van der Waals surface area contributed by atoms with Gasteiger partial charge in [0.15, 0.2) is 5.82 Å². The quantitative estimate of drug-likeness (QED) is 0.176. The summed E-state index contributed by atoms with van der Waals surface area (Å²) >= 11 is 0.676. The maximum atomic E-state index is 17.0. The van der Waals surface area contributed by atoms with Crippen LogP contribution in [0.3, 0.4) is 0 Å². The SMILES string of the molecule is CN(Cc1cccnc1N)c1nc(OCC23CCCN2CC(F)C3)nc2c(F)c(-c3ccc(F)c4sc(N)c(C#N)c34)c(C(F)(F)F)cc12. The molecule has 0 radical (unpaired) electrons. The van der Waals surface area contributed by atoms with Crippen molar-refractivity contribution in [2.75, 3.05) is 43.1 Å². The van der Waals surface area contributed by atoms with E-state index in [1.165, 1.54) is 18.1 Å². The molecule has 7 rings (SSSR count). The van der Waals surface area contributed by atoms with Gasteiger partial charge >= 0.3 is 12.2 Å². The molecule has 0 aliphatic carbocycles. The van der Waals surface area contributed by atoms with Crippen molar-refractivity contribution in [3.63, 3.8) is 0 Å². The predicted octanol–water partition coefficient (Wildman–Crippen LogP) is 6.83. The van der Waals surface area contributed by atoms with E-state index in [0.29, 0.717) is 29.9 Å². The normalized spacial score (nSPS) is 19.4. The van der Waals surface area contributed by atoms with Crippen molar-refractivity contribution in [1.29, 1.82) is 5.26 Å². The largest absolute Gasteiger partial charge is 0.461 e. The van der Waals surface area contributed by atoms with Crippen molar-refractivity contribution >= 4 is 49.0 Å². The lowest BCUT2D eigenvalue weighted by Crippen LogP contribution is -2.43. The number of rotatable bonds is 7. The molecule has 2 atom stereocenters. The van der Waals surface area contributed by atoms with Crippen LogP contribution in [-0.4, -0.2) is 58.3 Å². The first-order chi connectivity index (χ1) is 23.3. The monoisotopic (exact) mass is 698 g/mol. The van der Waals surface area contributed by atoms with Gasteiger partial charge in [-0.25, -0.2) is 18.2 Å². The maximum absolute atomic E-state index is 17.0. The maximum Gasteiger partial charge on any atom is 0.417 e. The summed E-state index contributed by atoms with van der Waals surface area (Å²) in [5.41, 5.74) is 8.39. The fraction of sp³-hybridized carbons (Fsp3) is 0.333. The summed E-state index contributed by atoms with van der Waals surface area (Å²) in [4.78, 5) is 16.3. The molecule has 5 aromatic rings. The van der Waals surface area contributed by atoms with Crippen molar-refractivity contribution in [3.8, 4) is 23.2 Å². The summed E-state index contributed by atoms with van der Waals surface area (Å²) in [5, 5.41) is 9.13. The Morgan fingerprint density at radius 1 is 1.20 bits per heavy atom. The van der Waals surface area contributed by atoms with E-state index in [-0.39, 0.29) is 75.4 Å². The Morgan fingerprint density at radius 3 is 2.73 bits per heavy atom. The number of aromatic nitrogens is 3. The highest BCUT2D eigenvalue weighted by Gasteiger charge is 2.49. The molecular formula is C33H28F6N8OS. The van der Waals surface area contributed by atoms with E-state index in [9.17, 15) is 27.2 Å². The molecule has 3 aromatic heterocycles. The van der Waals surface area contributed by atoms with Gasteiger partial charge in [0.25, 0.3) is 0 Å². The van der Waals surface area contributed by atoms with Crippen LogP contribution >= 0.6 is 11.3 Å². The molecule has 254 valence electrons. The molecule has 0 bridgehead atoms. The van der Waals surface area contributed by atoms with Crippen LogP contribution in [0.25, 0.3) is 32.1 Å². The second-order valence-electron chi connectivity index (χ2n) is 12.4. The van der Waals surface area contributed by atoms with Gasteiger partial charge in [-0.1, -0.05) is 12.1 Å².